The number of hydrogen-bond donors (Lipinski definition) is 0. The van der Waals surface area contributed by atoms with Crippen LogP contribution in [-0.2, 0) is 0 Å². The molecule has 0 spiro atoms. The molecule has 0 atom stereocenters. The van der Waals surface area contributed by atoms with Gasteiger partial charge in [-0.2, -0.15) is 0 Å². The van der Waals surface area contributed by atoms with E-state index < -0.39 is 0 Å². The topological polar surface area (TPSA) is 12.9 Å². The number of aryl methyl sites for hydroxylation is 1. The molecule has 1 fully saturated rings. The van der Waals surface area contributed by atoms with Crippen molar-refractivity contribution in [3.63, 3.8) is 0 Å². The molecule has 0 unspecified atom stereocenters. The zero-order valence-corrected chi connectivity index (χ0v) is 18.4. The summed E-state index contributed by atoms with van der Waals surface area (Å²) < 4.78 is 16.4. The molecule has 0 saturated heterocycles. The molecule has 154 valence electrons. The number of aromatic nitrogens is 1. The van der Waals surface area contributed by atoms with E-state index >= 15 is 0 Å². The number of rotatable bonds is 2. The molecule has 6 rings (SSSR count). The molecule has 2 heterocycles. The second-order valence-corrected chi connectivity index (χ2v) is 9.83. The van der Waals surface area contributed by atoms with Crippen LogP contribution in [0.15, 0.2) is 60.8 Å². The van der Waals surface area contributed by atoms with Gasteiger partial charge in [0.1, 0.15) is 5.82 Å². The van der Waals surface area contributed by atoms with Gasteiger partial charge in [0.15, 0.2) is 0 Å². The van der Waals surface area contributed by atoms with Crippen LogP contribution in [0.2, 0.25) is 0 Å². The second kappa shape index (κ2) is 7.42. The van der Waals surface area contributed by atoms with Crippen LogP contribution in [0, 0.1) is 12.7 Å². The van der Waals surface area contributed by atoms with E-state index in [9.17, 15) is 4.39 Å². The van der Waals surface area contributed by atoms with Crippen LogP contribution in [0.4, 0.5) is 4.39 Å². The fraction of sp³-hybridized carbons (Fsp3) is 0.250. The van der Waals surface area contributed by atoms with Crippen molar-refractivity contribution in [1.29, 1.82) is 0 Å². The Kier molecular flexibility index (Phi) is 4.53. The number of fused-ring (bicyclic) bond motifs is 4. The van der Waals surface area contributed by atoms with Gasteiger partial charge in [-0.3, -0.25) is 4.98 Å². The summed E-state index contributed by atoms with van der Waals surface area (Å²) in [7, 11) is 0. The molecule has 1 aliphatic carbocycles. The third kappa shape index (κ3) is 3.06. The van der Waals surface area contributed by atoms with Crippen LogP contribution in [0.25, 0.3) is 42.2 Å². The Morgan fingerprint density at radius 1 is 0.871 bits per heavy atom. The van der Waals surface area contributed by atoms with Crippen LogP contribution in [0.1, 0.15) is 49.1 Å². The first-order valence-corrected chi connectivity index (χ1v) is 12.0. The maximum absolute atomic E-state index is 14.2. The van der Waals surface area contributed by atoms with Gasteiger partial charge in [-0.15, -0.1) is 11.3 Å². The van der Waals surface area contributed by atoms with Crippen molar-refractivity contribution in [3.05, 3.63) is 77.7 Å². The summed E-state index contributed by atoms with van der Waals surface area (Å²) in [6.45, 7) is 1.87. The number of hydrogen-bond acceptors (Lipinski definition) is 2. The van der Waals surface area contributed by atoms with Gasteiger partial charge in [0.2, 0.25) is 0 Å². The maximum Gasteiger partial charge on any atom is 0.127 e. The highest BCUT2D eigenvalue weighted by Gasteiger charge is 2.20. The summed E-state index contributed by atoms with van der Waals surface area (Å²) in [5.41, 5.74) is 4.39. The van der Waals surface area contributed by atoms with Gasteiger partial charge in [0, 0.05) is 32.8 Å². The average molecular weight is 426 g/mol. The molecule has 0 N–H and O–H groups in total. The zero-order chi connectivity index (χ0) is 20.9. The molecule has 2 aromatic heterocycles. The molecule has 0 radical (unpaired) electrons. The van der Waals surface area contributed by atoms with Crippen molar-refractivity contribution in [2.45, 2.75) is 44.9 Å². The molecular formula is C28H24FNS. The highest BCUT2D eigenvalue weighted by molar-refractivity contribution is 7.26. The Bertz CT molecular complexity index is 1440. The highest BCUT2D eigenvalue weighted by atomic mass is 32.1. The molecule has 3 aromatic carbocycles. The number of pyridine rings is 1. The first kappa shape index (κ1) is 18.9. The molecular weight excluding hydrogens is 401 g/mol. The summed E-state index contributed by atoms with van der Waals surface area (Å²) in [6.07, 6.45) is 8.43. The normalized spacial score (nSPS) is 15.3. The van der Waals surface area contributed by atoms with Crippen LogP contribution >= 0.6 is 11.3 Å². The lowest BCUT2D eigenvalue weighted by Crippen LogP contribution is -2.05. The lowest BCUT2D eigenvalue weighted by atomic mass is 9.81. The Morgan fingerprint density at radius 3 is 2.55 bits per heavy atom. The van der Waals surface area contributed by atoms with E-state index in [-0.39, 0.29) is 5.82 Å². The number of thiophene rings is 1. The third-order valence-electron chi connectivity index (χ3n) is 6.95. The first-order valence-electron chi connectivity index (χ1n) is 11.2. The van der Waals surface area contributed by atoms with Crippen molar-refractivity contribution < 1.29 is 4.39 Å². The molecule has 5 aromatic rings. The molecule has 1 nitrogen and oxygen atoms in total. The summed E-state index contributed by atoms with van der Waals surface area (Å²) >= 11 is 1.67. The van der Waals surface area contributed by atoms with Crippen LogP contribution in [-0.4, -0.2) is 4.98 Å². The van der Waals surface area contributed by atoms with Crippen molar-refractivity contribution in [1.82, 2.24) is 4.98 Å². The predicted molar refractivity (Wildman–Crippen MR) is 131 cm³/mol. The second-order valence-electron chi connectivity index (χ2n) is 8.81. The Labute approximate surface area is 185 Å². The Morgan fingerprint density at radius 2 is 1.68 bits per heavy atom. The van der Waals surface area contributed by atoms with E-state index in [4.69, 9.17) is 4.98 Å². The summed E-state index contributed by atoms with van der Waals surface area (Å²) in [6, 6.07) is 19.0. The molecule has 1 aliphatic rings. The number of halogens is 1. The lowest BCUT2D eigenvalue weighted by Gasteiger charge is -2.24. The molecule has 3 heteroatoms. The van der Waals surface area contributed by atoms with Crippen molar-refractivity contribution in [2.24, 2.45) is 0 Å². The summed E-state index contributed by atoms with van der Waals surface area (Å²) in [5.74, 6) is 0.482. The van der Waals surface area contributed by atoms with Crippen LogP contribution in [0.5, 0.6) is 0 Å². The zero-order valence-electron chi connectivity index (χ0n) is 17.6. The Hall–Kier alpha value is -2.78. The minimum Gasteiger partial charge on any atom is -0.255 e. The van der Waals surface area contributed by atoms with E-state index in [1.165, 1.54) is 59.4 Å². The quantitative estimate of drug-likeness (QED) is 0.275. The van der Waals surface area contributed by atoms with Gasteiger partial charge in [-0.05, 0) is 72.4 Å². The van der Waals surface area contributed by atoms with Crippen molar-refractivity contribution in [2.75, 3.05) is 0 Å². The van der Waals surface area contributed by atoms with E-state index in [0.29, 0.717) is 5.92 Å². The van der Waals surface area contributed by atoms with E-state index in [0.717, 1.165) is 26.0 Å². The van der Waals surface area contributed by atoms with E-state index in [2.05, 4.69) is 42.5 Å². The van der Waals surface area contributed by atoms with Crippen molar-refractivity contribution >= 4 is 42.3 Å². The lowest BCUT2D eigenvalue weighted by molar-refractivity contribution is 0.445. The molecule has 1 saturated carbocycles. The van der Waals surface area contributed by atoms with Gasteiger partial charge >= 0.3 is 0 Å². The maximum atomic E-state index is 14.2. The number of nitrogens with zero attached hydrogens (tertiary/aromatic N) is 1. The predicted octanol–water partition coefficient (Wildman–Crippen LogP) is 8.76. The van der Waals surface area contributed by atoms with Crippen LogP contribution in [0.3, 0.4) is 0 Å². The number of benzene rings is 3. The van der Waals surface area contributed by atoms with Crippen molar-refractivity contribution in [3.8, 4) is 11.3 Å². The van der Waals surface area contributed by atoms with Gasteiger partial charge in [0.25, 0.3) is 0 Å². The van der Waals surface area contributed by atoms with Gasteiger partial charge < -0.3 is 0 Å². The fourth-order valence-corrected chi connectivity index (χ4v) is 6.61. The van der Waals surface area contributed by atoms with Crippen LogP contribution < -0.4 is 0 Å². The third-order valence-corrected chi connectivity index (χ3v) is 8.30. The summed E-state index contributed by atoms with van der Waals surface area (Å²) in [4.78, 5) is 4.83. The molecule has 0 aliphatic heterocycles. The van der Waals surface area contributed by atoms with Gasteiger partial charge in [-0.1, -0.05) is 43.5 Å². The first-order chi connectivity index (χ1) is 15.2. The smallest absolute Gasteiger partial charge is 0.127 e. The van der Waals surface area contributed by atoms with E-state index in [1.54, 1.807) is 17.4 Å². The minimum atomic E-state index is -0.140. The SMILES string of the molecule is Cc1c(F)ccc2c1sc1c(-c3cc(C4CCCCC4)c4ccccc4c3)nccc12. The van der Waals surface area contributed by atoms with Gasteiger partial charge in [0.05, 0.1) is 10.4 Å². The summed E-state index contributed by atoms with van der Waals surface area (Å²) in [5, 5.41) is 4.94. The minimum absolute atomic E-state index is 0.140. The standard InChI is InChI=1S/C28H24FNS/c1-17-25(29)12-11-22-23-13-14-30-26(28(23)31-27(17)22)20-15-19-9-5-6-10-21(19)24(16-20)18-7-3-2-4-8-18/h5-6,9-16,18H,2-4,7-8H2,1H3. The molecule has 0 amide bonds. The monoisotopic (exact) mass is 425 g/mol. The highest BCUT2D eigenvalue weighted by Crippen LogP contribution is 2.43. The average Bonchev–Trinajstić information content (AvgIpc) is 3.21. The largest absolute Gasteiger partial charge is 0.255 e. The fourth-order valence-electron chi connectivity index (χ4n) is 5.31. The van der Waals surface area contributed by atoms with E-state index in [1.807, 2.05) is 19.2 Å². The Balaban J connectivity index is 1.62. The van der Waals surface area contributed by atoms with Gasteiger partial charge in [-0.25, -0.2) is 4.39 Å². The molecule has 31 heavy (non-hydrogen) atoms. The molecule has 0 bridgehead atoms.